The molecule has 5 heteroatoms. The van der Waals surface area contributed by atoms with Crippen LogP contribution in [0.4, 0.5) is 4.79 Å². The van der Waals surface area contributed by atoms with Crippen molar-refractivity contribution in [3.8, 4) is 5.75 Å². The number of urea groups is 1. The van der Waals surface area contributed by atoms with Gasteiger partial charge in [-0.1, -0.05) is 78.4 Å². The molecule has 0 spiro atoms. The Morgan fingerprint density at radius 2 is 1.60 bits per heavy atom. The SMILES string of the molecule is COc1ccc(C)cc1CN1C(=O)NC(Cc2ccccc2)(c2ccccc2)C1=O. The van der Waals surface area contributed by atoms with E-state index in [1.54, 1.807) is 7.11 Å². The summed E-state index contributed by atoms with van der Waals surface area (Å²) in [5.41, 5.74) is 2.44. The molecule has 1 atom stereocenters. The van der Waals surface area contributed by atoms with Gasteiger partial charge in [0.2, 0.25) is 0 Å². The van der Waals surface area contributed by atoms with Crippen LogP contribution >= 0.6 is 0 Å². The van der Waals surface area contributed by atoms with Gasteiger partial charge in [0.1, 0.15) is 5.75 Å². The average molecular weight is 400 g/mol. The Kier molecular flexibility index (Phi) is 5.27. The fourth-order valence-corrected chi connectivity index (χ4v) is 4.01. The molecule has 5 nitrogen and oxygen atoms in total. The average Bonchev–Trinajstić information content (AvgIpc) is 3.00. The van der Waals surface area contributed by atoms with Gasteiger partial charge in [-0.05, 0) is 24.1 Å². The Morgan fingerprint density at radius 1 is 0.933 bits per heavy atom. The van der Waals surface area contributed by atoms with Crippen molar-refractivity contribution in [2.24, 2.45) is 0 Å². The van der Waals surface area contributed by atoms with Crippen LogP contribution in [0.5, 0.6) is 5.75 Å². The molecule has 1 unspecified atom stereocenters. The van der Waals surface area contributed by atoms with Crippen LogP contribution in [0.1, 0.15) is 22.3 Å². The molecule has 3 aromatic rings. The van der Waals surface area contributed by atoms with Gasteiger partial charge < -0.3 is 10.1 Å². The number of carbonyl (C=O) groups is 2. The largest absolute Gasteiger partial charge is 0.496 e. The number of aryl methyl sites for hydroxylation is 1. The first-order valence-electron chi connectivity index (χ1n) is 9.90. The first kappa shape index (κ1) is 19.7. The summed E-state index contributed by atoms with van der Waals surface area (Å²) in [6, 6.07) is 24.5. The van der Waals surface area contributed by atoms with Gasteiger partial charge in [-0.25, -0.2) is 4.79 Å². The summed E-state index contributed by atoms with van der Waals surface area (Å²) < 4.78 is 5.44. The molecule has 0 aliphatic carbocycles. The molecule has 0 saturated carbocycles. The monoisotopic (exact) mass is 400 g/mol. The molecular weight excluding hydrogens is 376 g/mol. The minimum Gasteiger partial charge on any atom is -0.496 e. The number of hydrogen-bond acceptors (Lipinski definition) is 3. The second kappa shape index (κ2) is 8.03. The summed E-state index contributed by atoms with van der Waals surface area (Å²) in [7, 11) is 1.59. The maximum Gasteiger partial charge on any atom is 0.325 e. The van der Waals surface area contributed by atoms with Gasteiger partial charge in [0.15, 0.2) is 5.54 Å². The zero-order valence-electron chi connectivity index (χ0n) is 17.1. The highest BCUT2D eigenvalue weighted by Gasteiger charge is 2.52. The van der Waals surface area contributed by atoms with Gasteiger partial charge in [0.05, 0.1) is 13.7 Å². The standard InChI is InChI=1S/C25H24N2O3/c1-18-13-14-22(30-2)20(15-18)17-27-23(28)25(26-24(27)29,21-11-7-4-8-12-21)16-19-9-5-3-6-10-19/h3-15H,16-17H2,1-2H3,(H,26,29). The first-order chi connectivity index (χ1) is 14.5. The summed E-state index contributed by atoms with van der Waals surface area (Å²) in [6.07, 6.45) is 0.379. The minimum atomic E-state index is -1.14. The Balaban J connectivity index is 1.73. The van der Waals surface area contributed by atoms with Crippen molar-refractivity contribution in [3.05, 3.63) is 101 Å². The number of rotatable bonds is 6. The van der Waals surface area contributed by atoms with Crippen molar-refractivity contribution in [3.63, 3.8) is 0 Å². The molecule has 30 heavy (non-hydrogen) atoms. The molecule has 1 aliphatic rings. The van der Waals surface area contributed by atoms with Crippen LogP contribution < -0.4 is 10.1 Å². The maximum absolute atomic E-state index is 13.7. The van der Waals surface area contributed by atoms with Crippen LogP contribution in [0, 0.1) is 6.92 Å². The molecule has 0 bridgehead atoms. The molecule has 1 fully saturated rings. The summed E-state index contributed by atoms with van der Waals surface area (Å²) in [6.45, 7) is 2.12. The highest BCUT2D eigenvalue weighted by Crippen LogP contribution is 2.34. The van der Waals surface area contributed by atoms with E-state index >= 15 is 0 Å². The molecule has 4 rings (SSSR count). The molecule has 0 aromatic heterocycles. The van der Waals surface area contributed by atoms with E-state index in [0.29, 0.717) is 12.2 Å². The Bertz CT molecular complexity index is 1070. The lowest BCUT2D eigenvalue weighted by molar-refractivity contribution is -0.132. The number of amides is 3. The quantitative estimate of drug-likeness (QED) is 0.631. The van der Waals surface area contributed by atoms with Crippen molar-refractivity contribution in [2.45, 2.75) is 25.4 Å². The van der Waals surface area contributed by atoms with E-state index in [4.69, 9.17) is 4.74 Å². The third kappa shape index (κ3) is 3.54. The molecule has 3 aromatic carbocycles. The van der Waals surface area contributed by atoms with Gasteiger partial charge in [0.25, 0.3) is 5.91 Å². The number of hydrogen-bond donors (Lipinski definition) is 1. The highest BCUT2D eigenvalue weighted by atomic mass is 16.5. The lowest BCUT2D eigenvalue weighted by Crippen LogP contribution is -2.46. The van der Waals surface area contributed by atoms with Crippen molar-refractivity contribution in [1.82, 2.24) is 10.2 Å². The van der Waals surface area contributed by atoms with Crippen LogP contribution in [0.25, 0.3) is 0 Å². The Hall–Kier alpha value is -3.60. The van der Waals surface area contributed by atoms with Gasteiger partial charge in [-0.2, -0.15) is 0 Å². The summed E-state index contributed by atoms with van der Waals surface area (Å²) in [5.74, 6) is 0.396. The minimum absolute atomic E-state index is 0.152. The van der Waals surface area contributed by atoms with E-state index in [0.717, 1.165) is 22.3 Å². The van der Waals surface area contributed by atoms with Crippen molar-refractivity contribution in [1.29, 1.82) is 0 Å². The van der Waals surface area contributed by atoms with Crippen molar-refractivity contribution >= 4 is 11.9 Å². The van der Waals surface area contributed by atoms with E-state index in [1.807, 2.05) is 85.8 Å². The van der Waals surface area contributed by atoms with E-state index in [9.17, 15) is 9.59 Å². The number of nitrogens with one attached hydrogen (secondary N) is 1. The van der Waals surface area contributed by atoms with E-state index < -0.39 is 11.6 Å². The van der Waals surface area contributed by atoms with Crippen LogP contribution in [0.2, 0.25) is 0 Å². The van der Waals surface area contributed by atoms with Crippen LogP contribution in [0.3, 0.4) is 0 Å². The second-order valence-electron chi connectivity index (χ2n) is 7.57. The lowest BCUT2D eigenvalue weighted by Gasteiger charge is -2.27. The van der Waals surface area contributed by atoms with Crippen molar-refractivity contribution in [2.75, 3.05) is 7.11 Å². The predicted molar refractivity (Wildman–Crippen MR) is 115 cm³/mol. The van der Waals surface area contributed by atoms with Crippen LogP contribution in [-0.2, 0) is 23.3 Å². The smallest absolute Gasteiger partial charge is 0.325 e. The number of nitrogens with zero attached hydrogens (tertiary/aromatic N) is 1. The van der Waals surface area contributed by atoms with Gasteiger partial charge in [0, 0.05) is 12.0 Å². The van der Waals surface area contributed by atoms with Gasteiger partial charge in [-0.3, -0.25) is 9.69 Å². The first-order valence-corrected chi connectivity index (χ1v) is 9.90. The number of methoxy groups -OCH3 is 1. The van der Waals surface area contributed by atoms with E-state index in [1.165, 1.54) is 4.90 Å². The number of carbonyl (C=O) groups excluding carboxylic acids is 2. The zero-order valence-corrected chi connectivity index (χ0v) is 17.1. The second-order valence-corrected chi connectivity index (χ2v) is 7.57. The molecular formula is C25H24N2O3. The molecule has 1 N–H and O–H groups in total. The summed E-state index contributed by atoms with van der Waals surface area (Å²) in [5, 5.41) is 3.00. The normalized spacial score (nSPS) is 18.4. The molecule has 1 aliphatic heterocycles. The fourth-order valence-electron chi connectivity index (χ4n) is 4.01. The van der Waals surface area contributed by atoms with E-state index in [-0.39, 0.29) is 12.5 Å². The maximum atomic E-state index is 13.7. The topological polar surface area (TPSA) is 58.6 Å². The summed E-state index contributed by atoms with van der Waals surface area (Å²) in [4.78, 5) is 28.0. The number of imide groups is 1. The van der Waals surface area contributed by atoms with Crippen LogP contribution in [0.15, 0.2) is 78.9 Å². The van der Waals surface area contributed by atoms with Gasteiger partial charge >= 0.3 is 6.03 Å². The van der Waals surface area contributed by atoms with Crippen molar-refractivity contribution < 1.29 is 14.3 Å². The predicted octanol–water partition coefficient (Wildman–Crippen LogP) is 4.19. The van der Waals surface area contributed by atoms with Gasteiger partial charge in [-0.15, -0.1) is 0 Å². The number of ether oxygens (including phenoxy) is 1. The molecule has 1 heterocycles. The van der Waals surface area contributed by atoms with Crippen LogP contribution in [-0.4, -0.2) is 23.9 Å². The zero-order chi connectivity index (χ0) is 21.1. The third-order valence-corrected chi connectivity index (χ3v) is 5.52. The lowest BCUT2D eigenvalue weighted by atomic mass is 9.83. The Labute approximate surface area is 176 Å². The summed E-state index contributed by atoms with van der Waals surface area (Å²) >= 11 is 0. The highest BCUT2D eigenvalue weighted by molar-refractivity contribution is 6.07. The third-order valence-electron chi connectivity index (χ3n) is 5.52. The molecule has 0 radical (unpaired) electrons. The fraction of sp³-hybridized carbons (Fsp3) is 0.200. The Morgan fingerprint density at radius 3 is 2.27 bits per heavy atom. The molecule has 3 amide bonds. The molecule has 152 valence electrons. The molecule has 1 saturated heterocycles. The number of benzene rings is 3. The van der Waals surface area contributed by atoms with E-state index in [2.05, 4.69) is 5.32 Å².